The van der Waals surface area contributed by atoms with Gasteiger partial charge >= 0.3 is 5.97 Å². The summed E-state index contributed by atoms with van der Waals surface area (Å²) in [5, 5.41) is 9.09. The molecule has 0 aliphatic heterocycles. The molecule has 0 spiro atoms. The molecule has 0 saturated heterocycles. The van der Waals surface area contributed by atoms with E-state index in [0.717, 1.165) is 22.4 Å². The number of aromatic nitrogens is 1. The number of hydrogen-bond acceptors (Lipinski definition) is 2. The van der Waals surface area contributed by atoms with Gasteiger partial charge < -0.3 is 22.3 Å². The summed E-state index contributed by atoms with van der Waals surface area (Å²) >= 11 is 0. The van der Waals surface area contributed by atoms with Crippen LogP contribution in [0, 0.1) is 0 Å². The fourth-order valence-corrected chi connectivity index (χ4v) is 2.77. The number of rotatable bonds is 7. The lowest BCUT2D eigenvalue weighted by Gasteiger charge is -2.03. The van der Waals surface area contributed by atoms with Crippen molar-refractivity contribution >= 4 is 18.1 Å². The minimum absolute atomic E-state index is 0. The van der Waals surface area contributed by atoms with Gasteiger partial charge in [0.2, 0.25) is 0 Å². The van der Waals surface area contributed by atoms with Crippen molar-refractivity contribution in [3.8, 4) is 5.75 Å². The van der Waals surface area contributed by atoms with Gasteiger partial charge in [-0.05, 0) is 42.3 Å². The molecular formula is C23H22ClNO3. The van der Waals surface area contributed by atoms with Gasteiger partial charge in [0.1, 0.15) is 5.75 Å². The van der Waals surface area contributed by atoms with Crippen molar-refractivity contribution in [3.63, 3.8) is 0 Å². The molecule has 1 heterocycles. The zero-order valence-corrected chi connectivity index (χ0v) is 16.3. The molecule has 3 rings (SSSR count). The molecule has 0 radical (unpaired) electrons. The summed E-state index contributed by atoms with van der Waals surface area (Å²) in [5.41, 5.74) is 3.44. The number of pyridine rings is 1. The van der Waals surface area contributed by atoms with Crippen LogP contribution in [0.1, 0.15) is 34.0 Å². The molecule has 0 aliphatic rings. The quantitative estimate of drug-likeness (QED) is 0.613. The van der Waals surface area contributed by atoms with Crippen LogP contribution < -0.4 is 21.7 Å². The lowest BCUT2D eigenvalue weighted by atomic mass is 10.1. The van der Waals surface area contributed by atoms with Crippen LogP contribution in [0.2, 0.25) is 0 Å². The Bertz CT molecular complexity index is 952. The molecule has 5 heteroatoms. The van der Waals surface area contributed by atoms with E-state index in [-0.39, 0.29) is 12.4 Å². The molecule has 0 amide bonds. The highest BCUT2D eigenvalue weighted by molar-refractivity contribution is 5.87. The molecule has 0 bridgehead atoms. The minimum atomic E-state index is -0.907. The molecule has 3 aromatic rings. The highest BCUT2D eigenvalue weighted by Gasteiger charge is 2.07. The number of hydrogen-bond donors (Lipinski definition) is 1. The first kappa shape index (κ1) is 21.2. The number of benzene rings is 2. The maximum Gasteiger partial charge on any atom is 0.335 e. The van der Waals surface area contributed by atoms with Gasteiger partial charge in [0.15, 0.2) is 18.9 Å². The fourth-order valence-electron chi connectivity index (χ4n) is 2.77. The van der Waals surface area contributed by atoms with Gasteiger partial charge in [-0.25, -0.2) is 9.36 Å². The van der Waals surface area contributed by atoms with E-state index in [1.54, 1.807) is 18.2 Å². The summed E-state index contributed by atoms with van der Waals surface area (Å²) in [6.07, 6.45) is 8.09. The number of carboxylic acids is 1. The van der Waals surface area contributed by atoms with Crippen molar-refractivity contribution in [2.24, 2.45) is 0 Å². The lowest BCUT2D eigenvalue weighted by molar-refractivity contribution is -0.688. The Hall–Kier alpha value is -3.11. The second-order valence-corrected chi connectivity index (χ2v) is 6.15. The number of halogens is 1. The molecule has 0 fully saturated rings. The normalized spacial score (nSPS) is 10.5. The lowest BCUT2D eigenvalue weighted by Crippen LogP contribution is -3.00. The Morgan fingerprint density at radius 1 is 1.00 bits per heavy atom. The van der Waals surface area contributed by atoms with Crippen LogP contribution in [0.25, 0.3) is 12.2 Å². The summed E-state index contributed by atoms with van der Waals surface area (Å²) in [7, 11) is 0. The van der Waals surface area contributed by atoms with Crippen LogP contribution in [0.15, 0.2) is 73.1 Å². The predicted octanol–water partition coefficient (Wildman–Crippen LogP) is 1.29. The standard InChI is InChI=1S/C23H21NO3.ClH/c1-2-27-22-8-4-5-19(16-22)10-9-18-11-13-24(14-12-18)17-20-6-3-7-21(15-20)23(25)26;/h3-16H,2,17H2,1H3;1H/b10-9-;. The van der Waals surface area contributed by atoms with Crippen LogP contribution in [0.3, 0.4) is 0 Å². The number of ether oxygens (including phenoxy) is 1. The van der Waals surface area contributed by atoms with Crippen molar-refractivity contribution in [1.82, 2.24) is 0 Å². The average molecular weight is 396 g/mol. The van der Waals surface area contributed by atoms with E-state index in [1.165, 1.54) is 0 Å². The van der Waals surface area contributed by atoms with E-state index < -0.39 is 5.97 Å². The summed E-state index contributed by atoms with van der Waals surface area (Å²) in [5.74, 6) is -0.0371. The molecule has 1 aromatic heterocycles. The summed E-state index contributed by atoms with van der Waals surface area (Å²) in [6, 6.07) is 19.1. The highest BCUT2D eigenvalue weighted by atomic mass is 35.5. The third-order valence-electron chi connectivity index (χ3n) is 4.09. The number of carbonyl (C=O) groups is 1. The van der Waals surface area contributed by atoms with Crippen molar-refractivity contribution in [2.75, 3.05) is 6.61 Å². The Kier molecular flexibility index (Phi) is 7.78. The monoisotopic (exact) mass is 395 g/mol. The van der Waals surface area contributed by atoms with E-state index in [4.69, 9.17) is 9.84 Å². The highest BCUT2D eigenvalue weighted by Crippen LogP contribution is 2.15. The van der Waals surface area contributed by atoms with Crippen LogP contribution >= 0.6 is 0 Å². The van der Waals surface area contributed by atoms with E-state index in [1.807, 2.05) is 66.3 Å². The maximum atomic E-state index is 11.1. The van der Waals surface area contributed by atoms with E-state index in [2.05, 4.69) is 12.2 Å². The van der Waals surface area contributed by atoms with Gasteiger partial charge in [-0.1, -0.05) is 36.4 Å². The first-order valence-electron chi connectivity index (χ1n) is 8.86. The van der Waals surface area contributed by atoms with Crippen molar-refractivity contribution in [3.05, 3.63) is 95.3 Å². The molecular weight excluding hydrogens is 374 g/mol. The third-order valence-corrected chi connectivity index (χ3v) is 4.09. The van der Waals surface area contributed by atoms with Crippen molar-refractivity contribution in [1.29, 1.82) is 0 Å². The Morgan fingerprint density at radius 3 is 2.43 bits per heavy atom. The van der Waals surface area contributed by atoms with E-state index >= 15 is 0 Å². The van der Waals surface area contributed by atoms with Gasteiger partial charge in [0.05, 0.1) is 12.2 Å². The van der Waals surface area contributed by atoms with E-state index in [9.17, 15) is 4.79 Å². The molecule has 28 heavy (non-hydrogen) atoms. The van der Waals surface area contributed by atoms with Crippen LogP contribution in [-0.2, 0) is 6.54 Å². The predicted molar refractivity (Wildman–Crippen MR) is 106 cm³/mol. The molecule has 0 unspecified atom stereocenters. The Morgan fingerprint density at radius 2 is 1.71 bits per heavy atom. The van der Waals surface area contributed by atoms with Crippen molar-refractivity contribution in [2.45, 2.75) is 13.5 Å². The van der Waals surface area contributed by atoms with Crippen LogP contribution in [0.5, 0.6) is 5.75 Å². The fraction of sp³-hybridized carbons (Fsp3) is 0.130. The minimum Gasteiger partial charge on any atom is -1.00 e. The SMILES string of the molecule is CCOc1cccc(/C=C\c2cc[n+](Cc3cccc(C(=O)O)c3)cc2)c1.[Cl-]. The van der Waals surface area contributed by atoms with Gasteiger partial charge in [-0.2, -0.15) is 0 Å². The molecule has 1 N–H and O–H groups in total. The number of nitrogens with zero attached hydrogens (tertiary/aromatic N) is 1. The molecule has 144 valence electrons. The van der Waals surface area contributed by atoms with E-state index in [0.29, 0.717) is 18.7 Å². The zero-order chi connectivity index (χ0) is 19.1. The Balaban J connectivity index is 0.00000280. The van der Waals surface area contributed by atoms with Crippen LogP contribution in [0.4, 0.5) is 0 Å². The first-order valence-corrected chi connectivity index (χ1v) is 8.86. The summed E-state index contributed by atoms with van der Waals surface area (Å²) in [4.78, 5) is 11.1. The molecule has 0 atom stereocenters. The summed E-state index contributed by atoms with van der Waals surface area (Å²) in [6.45, 7) is 3.25. The molecule has 2 aromatic carbocycles. The third kappa shape index (κ3) is 5.96. The molecule has 4 nitrogen and oxygen atoms in total. The second-order valence-electron chi connectivity index (χ2n) is 6.15. The second kappa shape index (κ2) is 10.3. The molecule has 0 saturated carbocycles. The smallest absolute Gasteiger partial charge is 0.335 e. The zero-order valence-electron chi connectivity index (χ0n) is 15.6. The van der Waals surface area contributed by atoms with Crippen molar-refractivity contribution < 1.29 is 31.6 Å². The molecule has 0 aliphatic carbocycles. The van der Waals surface area contributed by atoms with Gasteiger partial charge in [0, 0.05) is 17.7 Å². The Labute approximate surface area is 171 Å². The summed E-state index contributed by atoms with van der Waals surface area (Å²) < 4.78 is 7.54. The number of carboxylic acid groups (broad SMARTS) is 1. The van der Waals surface area contributed by atoms with Gasteiger partial charge in [-0.3, -0.25) is 0 Å². The topological polar surface area (TPSA) is 50.4 Å². The maximum absolute atomic E-state index is 11.1. The van der Waals surface area contributed by atoms with Gasteiger partial charge in [0.25, 0.3) is 0 Å². The number of aromatic carboxylic acids is 1. The van der Waals surface area contributed by atoms with Gasteiger partial charge in [-0.15, -0.1) is 0 Å². The first-order chi connectivity index (χ1) is 13.1. The van der Waals surface area contributed by atoms with Crippen LogP contribution in [-0.4, -0.2) is 17.7 Å². The average Bonchev–Trinajstić information content (AvgIpc) is 2.68. The largest absolute Gasteiger partial charge is 1.00 e.